The number of hydrogen-bond donors (Lipinski definition) is 0. The summed E-state index contributed by atoms with van der Waals surface area (Å²) in [4.78, 5) is 15.6. The van der Waals surface area contributed by atoms with Crippen molar-refractivity contribution in [3.8, 4) is 0 Å². The molecule has 4 nitrogen and oxygen atoms in total. The van der Waals surface area contributed by atoms with Gasteiger partial charge in [0.05, 0.1) is 6.42 Å². The molecule has 0 atom stereocenters. The van der Waals surface area contributed by atoms with Crippen LogP contribution in [0.5, 0.6) is 0 Å². The molecule has 1 aromatic carbocycles. The van der Waals surface area contributed by atoms with Crippen molar-refractivity contribution < 1.29 is 18.1 Å². The topological polar surface area (TPSA) is 56.0 Å². The van der Waals surface area contributed by atoms with Gasteiger partial charge in [-0.05, 0) is 17.7 Å². The Balaban J connectivity index is 2.07. The average molecular weight is 280 g/mol. The second-order valence-corrected chi connectivity index (χ2v) is 4.86. The number of carbonyl (C=O) groups is 1. The molecule has 0 saturated carbocycles. The van der Waals surface area contributed by atoms with Gasteiger partial charge in [0, 0.05) is 18.4 Å². The normalized spacial score (nSPS) is 11.1. The molecule has 0 N–H and O–H groups in total. The Kier molecular flexibility index (Phi) is 4.22. The summed E-state index contributed by atoms with van der Waals surface area (Å²) in [6.45, 7) is 3.57. The first-order valence-electron chi connectivity index (χ1n) is 6.23. The predicted molar refractivity (Wildman–Crippen MR) is 67.0 cm³/mol. The van der Waals surface area contributed by atoms with E-state index in [0.717, 1.165) is 6.07 Å². The lowest BCUT2D eigenvalue weighted by atomic mass is 10.1. The van der Waals surface area contributed by atoms with Gasteiger partial charge in [0.2, 0.25) is 5.89 Å². The molecule has 0 radical (unpaired) electrons. The molecule has 1 aromatic heterocycles. The summed E-state index contributed by atoms with van der Waals surface area (Å²) in [5.41, 5.74) is 0.407. The van der Waals surface area contributed by atoms with Crippen molar-refractivity contribution in [3.63, 3.8) is 0 Å². The van der Waals surface area contributed by atoms with E-state index in [9.17, 15) is 13.6 Å². The lowest BCUT2D eigenvalue weighted by Crippen LogP contribution is -2.10. The maximum absolute atomic E-state index is 13.0. The zero-order valence-corrected chi connectivity index (χ0v) is 11.2. The van der Waals surface area contributed by atoms with Crippen LogP contribution in [0.2, 0.25) is 0 Å². The molecule has 6 heteroatoms. The van der Waals surface area contributed by atoms with Crippen molar-refractivity contribution in [1.82, 2.24) is 10.1 Å². The van der Waals surface area contributed by atoms with Crippen molar-refractivity contribution in [2.75, 3.05) is 0 Å². The smallest absolute Gasteiger partial charge is 0.234 e. The van der Waals surface area contributed by atoms with E-state index in [2.05, 4.69) is 10.1 Å². The lowest BCUT2D eigenvalue weighted by molar-refractivity contribution is -0.121. The third-order valence-electron chi connectivity index (χ3n) is 2.76. The number of Topliss-reactive ketones (excluding diaryl/α,β-unsaturated/α-hetero) is 1. The fraction of sp³-hybridized carbons (Fsp3) is 0.357. The van der Waals surface area contributed by atoms with Crippen molar-refractivity contribution in [3.05, 3.63) is 47.1 Å². The van der Waals surface area contributed by atoms with Crippen molar-refractivity contribution >= 4 is 5.78 Å². The molecule has 0 fully saturated rings. The van der Waals surface area contributed by atoms with E-state index in [0.29, 0.717) is 11.4 Å². The summed E-state index contributed by atoms with van der Waals surface area (Å²) < 4.78 is 31.0. The fourth-order valence-electron chi connectivity index (χ4n) is 1.68. The molecular formula is C14H14F2N2O2. The Labute approximate surface area is 114 Å². The molecule has 0 bridgehead atoms. The number of benzene rings is 1. The largest absolute Gasteiger partial charge is 0.339 e. The lowest BCUT2D eigenvalue weighted by Gasteiger charge is -1.99. The molecule has 106 valence electrons. The van der Waals surface area contributed by atoms with Crippen LogP contribution in [0.3, 0.4) is 0 Å². The van der Waals surface area contributed by atoms with Gasteiger partial charge >= 0.3 is 0 Å². The molecular weight excluding hydrogens is 266 g/mol. The summed E-state index contributed by atoms with van der Waals surface area (Å²) in [5.74, 6) is -0.908. The van der Waals surface area contributed by atoms with Gasteiger partial charge in [-0.2, -0.15) is 4.98 Å². The monoisotopic (exact) mass is 280 g/mol. The number of hydrogen-bond acceptors (Lipinski definition) is 4. The SMILES string of the molecule is CC(C)C(=O)Cc1nc(Cc2cc(F)cc(F)c2)no1. The van der Waals surface area contributed by atoms with Crippen LogP contribution < -0.4 is 0 Å². The van der Waals surface area contributed by atoms with Gasteiger partial charge in [-0.15, -0.1) is 0 Å². The first-order valence-corrected chi connectivity index (χ1v) is 6.23. The zero-order valence-electron chi connectivity index (χ0n) is 11.2. The highest BCUT2D eigenvalue weighted by Gasteiger charge is 2.14. The summed E-state index contributed by atoms with van der Waals surface area (Å²) >= 11 is 0. The van der Waals surface area contributed by atoms with Gasteiger partial charge in [-0.3, -0.25) is 4.79 Å². The van der Waals surface area contributed by atoms with E-state index in [1.54, 1.807) is 13.8 Å². The first kappa shape index (κ1) is 14.3. The standard InChI is InChI=1S/C14H14F2N2O2/c1-8(2)12(19)7-14-17-13(18-20-14)5-9-3-10(15)6-11(16)4-9/h3-4,6,8H,5,7H2,1-2H3. The Morgan fingerprint density at radius 3 is 2.50 bits per heavy atom. The van der Waals surface area contributed by atoms with Crippen LogP contribution in [0.4, 0.5) is 8.78 Å². The maximum Gasteiger partial charge on any atom is 0.234 e. The van der Waals surface area contributed by atoms with Crippen LogP contribution in [-0.2, 0) is 17.6 Å². The average Bonchev–Trinajstić information content (AvgIpc) is 2.74. The molecule has 0 saturated heterocycles. The Hall–Kier alpha value is -2.11. The van der Waals surface area contributed by atoms with E-state index < -0.39 is 11.6 Å². The first-order chi connectivity index (χ1) is 9.44. The van der Waals surface area contributed by atoms with Crippen LogP contribution in [0.25, 0.3) is 0 Å². The number of carbonyl (C=O) groups excluding carboxylic acids is 1. The Bertz CT molecular complexity index is 603. The quantitative estimate of drug-likeness (QED) is 0.845. The van der Waals surface area contributed by atoms with Crippen LogP contribution in [0.1, 0.15) is 31.1 Å². The van der Waals surface area contributed by atoms with Gasteiger partial charge < -0.3 is 4.52 Å². The second-order valence-electron chi connectivity index (χ2n) is 4.86. The second kappa shape index (κ2) is 5.90. The molecule has 2 aromatic rings. The maximum atomic E-state index is 13.0. The van der Waals surface area contributed by atoms with Crippen molar-refractivity contribution in [1.29, 1.82) is 0 Å². The summed E-state index contributed by atoms with van der Waals surface area (Å²) in [6.07, 6.45) is 0.218. The van der Waals surface area contributed by atoms with E-state index in [4.69, 9.17) is 4.52 Å². The molecule has 2 rings (SSSR count). The number of aromatic nitrogens is 2. The molecule has 0 aliphatic heterocycles. The highest BCUT2D eigenvalue weighted by molar-refractivity contribution is 5.81. The summed E-state index contributed by atoms with van der Waals surface area (Å²) in [5, 5.41) is 3.70. The predicted octanol–water partition coefficient (Wildman–Crippen LogP) is 2.71. The van der Waals surface area contributed by atoms with Gasteiger partial charge in [0.15, 0.2) is 5.82 Å². The van der Waals surface area contributed by atoms with Gasteiger partial charge in [0.25, 0.3) is 0 Å². The van der Waals surface area contributed by atoms with Crippen molar-refractivity contribution in [2.45, 2.75) is 26.7 Å². The third-order valence-corrected chi connectivity index (χ3v) is 2.76. The molecule has 1 heterocycles. The summed E-state index contributed by atoms with van der Waals surface area (Å²) in [7, 11) is 0. The third kappa shape index (κ3) is 3.69. The minimum absolute atomic E-state index is 0.00278. The van der Waals surface area contributed by atoms with Crippen LogP contribution in [0.15, 0.2) is 22.7 Å². The minimum atomic E-state index is -0.654. The van der Waals surface area contributed by atoms with E-state index in [-0.39, 0.29) is 30.4 Å². The van der Waals surface area contributed by atoms with E-state index >= 15 is 0 Å². The number of ketones is 1. The van der Waals surface area contributed by atoms with Crippen molar-refractivity contribution in [2.24, 2.45) is 5.92 Å². The zero-order chi connectivity index (χ0) is 14.7. The number of rotatable bonds is 5. The molecule has 0 amide bonds. The van der Waals surface area contributed by atoms with Gasteiger partial charge in [-0.25, -0.2) is 8.78 Å². The number of nitrogens with zero attached hydrogens (tertiary/aromatic N) is 2. The fourth-order valence-corrected chi connectivity index (χ4v) is 1.68. The minimum Gasteiger partial charge on any atom is -0.339 e. The van der Waals surface area contributed by atoms with Crippen LogP contribution in [-0.4, -0.2) is 15.9 Å². The van der Waals surface area contributed by atoms with Crippen LogP contribution >= 0.6 is 0 Å². The van der Waals surface area contributed by atoms with E-state index in [1.807, 2.05) is 0 Å². The molecule has 0 aliphatic carbocycles. The number of halogens is 2. The van der Waals surface area contributed by atoms with E-state index in [1.165, 1.54) is 12.1 Å². The van der Waals surface area contributed by atoms with Crippen LogP contribution in [0, 0.1) is 17.6 Å². The molecule has 20 heavy (non-hydrogen) atoms. The highest BCUT2D eigenvalue weighted by Crippen LogP contribution is 2.12. The highest BCUT2D eigenvalue weighted by atomic mass is 19.1. The Morgan fingerprint density at radius 2 is 1.90 bits per heavy atom. The summed E-state index contributed by atoms with van der Waals surface area (Å²) in [6, 6.07) is 3.21. The Morgan fingerprint density at radius 1 is 1.25 bits per heavy atom. The molecule has 0 spiro atoms. The molecule has 0 aliphatic rings. The van der Waals surface area contributed by atoms with Gasteiger partial charge in [0.1, 0.15) is 17.4 Å². The molecule has 0 unspecified atom stereocenters. The van der Waals surface area contributed by atoms with Gasteiger partial charge in [-0.1, -0.05) is 19.0 Å².